The Morgan fingerprint density at radius 3 is 1.45 bits per heavy atom. The number of carbonyl (C=O) groups is 2. The van der Waals surface area contributed by atoms with Gasteiger partial charge < -0.3 is 9.47 Å². The van der Waals surface area contributed by atoms with E-state index in [9.17, 15) is 9.59 Å². The number of methoxy groups -OCH3 is 2. The van der Waals surface area contributed by atoms with Crippen molar-refractivity contribution in [2.24, 2.45) is 16.7 Å². The molecule has 0 aromatic carbocycles. The van der Waals surface area contributed by atoms with Crippen LogP contribution in [0.3, 0.4) is 0 Å². The first-order valence-electron chi connectivity index (χ1n) is 6.79. The van der Waals surface area contributed by atoms with E-state index >= 15 is 0 Å². The molecular formula is C16H22O4. The number of rotatable bonds is 2. The van der Waals surface area contributed by atoms with Crippen molar-refractivity contribution in [3.8, 4) is 0 Å². The molecule has 2 aliphatic carbocycles. The van der Waals surface area contributed by atoms with Crippen LogP contribution in [0.15, 0.2) is 22.3 Å². The van der Waals surface area contributed by atoms with E-state index in [4.69, 9.17) is 9.47 Å². The van der Waals surface area contributed by atoms with Gasteiger partial charge in [-0.3, -0.25) is 0 Å². The maximum absolute atomic E-state index is 12.3. The summed E-state index contributed by atoms with van der Waals surface area (Å²) in [7, 11) is 2.69. The fourth-order valence-corrected chi connectivity index (χ4v) is 4.17. The van der Waals surface area contributed by atoms with Crippen LogP contribution >= 0.6 is 0 Å². The highest BCUT2D eigenvalue weighted by molar-refractivity contribution is 6.05. The zero-order chi connectivity index (χ0) is 15.5. The number of carbonyl (C=O) groups excluding carboxylic acids is 2. The van der Waals surface area contributed by atoms with Crippen molar-refractivity contribution in [2.45, 2.75) is 34.6 Å². The standard InChI is InChI=1S/C16H22O4/c1-8-9(2)16(5)10(3)15(8,4)11(13(17)19-6)12(16)14(18)20-7/h10H,1-7H3/t10?,15-,16+. The summed E-state index contributed by atoms with van der Waals surface area (Å²) in [5.74, 6) is -0.746. The Bertz CT molecular complexity index is 521. The molecule has 2 aliphatic rings. The van der Waals surface area contributed by atoms with E-state index in [-0.39, 0.29) is 5.92 Å². The van der Waals surface area contributed by atoms with Crippen molar-refractivity contribution in [3.05, 3.63) is 22.3 Å². The lowest BCUT2D eigenvalue weighted by molar-refractivity contribution is -0.140. The zero-order valence-electron chi connectivity index (χ0n) is 13.2. The first-order chi connectivity index (χ1) is 9.18. The van der Waals surface area contributed by atoms with Gasteiger partial charge in [-0.05, 0) is 19.8 Å². The normalized spacial score (nSPS) is 35.6. The van der Waals surface area contributed by atoms with Gasteiger partial charge in [-0.15, -0.1) is 0 Å². The molecule has 0 heterocycles. The minimum Gasteiger partial charge on any atom is -0.466 e. The fraction of sp³-hybridized carbons (Fsp3) is 0.625. The molecular weight excluding hydrogens is 256 g/mol. The van der Waals surface area contributed by atoms with Crippen LogP contribution in [0, 0.1) is 16.7 Å². The Labute approximate surface area is 119 Å². The van der Waals surface area contributed by atoms with E-state index in [1.165, 1.54) is 14.2 Å². The number of hydrogen-bond donors (Lipinski definition) is 0. The van der Waals surface area contributed by atoms with Crippen molar-refractivity contribution in [2.75, 3.05) is 14.2 Å². The summed E-state index contributed by atoms with van der Waals surface area (Å²) in [5, 5.41) is 0. The van der Waals surface area contributed by atoms with Gasteiger partial charge >= 0.3 is 11.9 Å². The van der Waals surface area contributed by atoms with Crippen LogP contribution in [0.4, 0.5) is 0 Å². The summed E-state index contributed by atoms with van der Waals surface area (Å²) in [5.41, 5.74) is 2.31. The average Bonchev–Trinajstić information content (AvgIpc) is 2.70. The minimum atomic E-state index is -0.463. The molecule has 0 saturated heterocycles. The summed E-state index contributed by atoms with van der Waals surface area (Å²) < 4.78 is 9.85. The van der Waals surface area contributed by atoms with E-state index in [1.807, 2.05) is 27.7 Å². The van der Waals surface area contributed by atoms with Crippen LogP contribution in [0.1, 0.15) is 34.6 Å². The molecule has 1 unspecified atom stereocenters. The Kier molecular flexibility index (Phi) is 3.12. The highest BCUT2D eigenvalue weighted by Crippen LogP contribution is 2.69. The third-order valence-electron chi connectivity index (χ3n) is 5.92. The van der Waals surface area contributed by atoms with Gasteiger partial charge in [-0.2, -0.15) is 0 Å². The minimum absolute atomic E-state index is 0.123. The van der Waals surface area contributed by atoms with Gasteiger partial charge in [0.05, 0.1) is 25.4 Å². The molecule has 0 aromatic rings. The predicted molar refractivity (Wildman–Crippen MR) is 74.8 cm³/mol. The molecule has 4 heteroatoms. The lowest BCUT2D eigenvalue weighted by Gasteiger charge is -2.30. The molecule has 0 N–H and O–H groups in total. The third kappa shape index (κ3) is 1.32. The van der Waals surface area contributed by atoms with Crippen molar-refractivity contribution in [3.63, 3.8) is 0 Å². The van der Waals surface area contributed by atoms with Crippen LogP contribution in [0.5, 0.6) is 0 Å². The number of allylic oxidation sites excluding steroid dienone is 2. The van der Waals surface area contributed by atoms with Crippen molar-refractivity contribution >= 4 is 11.9 Å². The van der Waals surface area contributed by atoms with Crippen LogP contribution in [0.25, 0.3) is 0 Å². The van der Waals surface area contributed by atoms with Gasteiger partial charge in [0, 0.05) is 10.8 Å². The molecule has 0 radical (unpaired) electrons. The summed E-state index contributed by atoms with van der Waals surface area (Å²) in [6, 6.07) is 0. The van der Waals surface area contributed by atoms with Gasteiger partial charge in [-0.1, -0.05) is 31.9 Å². The molecule has 0 aromatic heterocycles. The van der Waals surface area contributed by atoms with Gasteiger partial charge in [0.25, 0.3) is 0 Å². The lowest BCUT2D eigenvalue weighted by atomic mass is 9.72. The lowest BCUT2D eigenvalue weighted by Crippen LogP contribution is -2.28. The number of fused-ring (bicyclic) bond motifs is 2. The van der Waals surface area contributed by atoms with E-state index in [0.29, 0.717) is 11.1 Å². The first-order valence-corrected chi connectivity index (χ1v) is 6.79. The second-order valence-corrected chi connectivity index (χ2v) is 6.11. The smallest absolute Gasteiger partial charge is 0.335 e. The summed E-state index contributed by atoms with van der Waals surface area (Å²) in [6.45, 7) is 10.2. The maximum Gasteiger partial charge on any atom is 0.335 e. The fourth-order valence-electron chi connectivity index (χ4n) is 4.17. The largest absolute Gasteiger partial charge is 0.466 e. The Morgan fingerprint density at radius 1 is 0.900 bits per heavy atom. The number of ether oxygens (including phenoxy) is 2. The molecule has 0 saturated carbocycles. The van der Waals surface area contributed by atoms with Gasteiger partial charge in [0.15, 0.2) is 0 Å². The van der Waals surface area contributed by atoms with Gasteiger partial charge in [0.2, 0.25) is 0 Å². The van der Waals surface area contributed by atoms with E-state index in [0.717, 1.165) is 11.1 Å². The van der Waals surface area contributed by atoms with Crippen molar-refractivity contribution in [1.82, 2.24) is 0 Å². The summed E-state index contributed by atoms with van der Waals surface area (Å²) in [6.07, 6.45) is 0. The van der Waals surface area contributed by atoms with Crippen LogP contribution in [-0.4, -0.2) is 26.2 Å². The van der Waals surface area contributed by atoms with E-state index in [2.05, 4.69) is 6.92 Å². The van der Waals surface area contributed by atoms with Crippen LogP contribution < -0.4 is 0 Å². The van der Waals surface area contributed by atoms with Gasteiger partial charge in [0.1, 0.15) is 0 Å². The SMILES string of the molecule is COC(=O)C1=C(C(=O)OC)[C@@]2(C)C(C)=C(C)[C@]1(C)C2C. The molecule has 2 bridgehead atoms. The van der Waals surface area contributed by atoms with Crippen molar-refractivity contribution in [1.29, 1.82) is 0 Å². The second-order valence-electron chi connectivity index (χ2n) is 6.11. The highest BCUT2D eigenvalue weighted by Gasteiger charge is 2.65. The number of hydrogen-bond acceptors (Lipinski definition) is 4. The first kappa shape index (κ1) is 14.8. The Morgan fingerprint density at radius 2 is 1.20 bits per heavy atom. The van der Waals surface area contributed by atoms with Crippen molar-refractivity contribution < 1.29 is 19.1 Å². The van der Waals surface area contributed by atoms with Crippen LogP contribution in [0.2, 0.25) is 0 Å². The molecule has 110 valence electrons. The van der Waals surface area contributed by atoms with E-state index < -0.39 is 22.8 Å². The molecule has 0 aliphatic heterocycles. The summed E-state index contributed by atoms with van der Waals surface area (Å²) >= 11 is 0. The predicted octanol–water partition coefficient (Wildman–Crippen LogP) is 2.64. The average molecular weight is 278 g/mol. The highest BCUT2D eigenvalue weighted by atomic mass is 16.5. The quantitative estimate of drug-likeness (QED) is 0.575. The topological polar surface area (TPSA) is 52.6 Å². The zero-order valence-corrected chi connectivity index (χ0v) is 13.2. The molecule has 0 amide bonds. The Balaban J connectivity index is 2.81. The molecule has 4 nitrogen and oxygen atoms in total. The molecule has 2 rings (SSSR count). The van der Waals surface area contributed by atoms with Gasteiger partial charge in [-0.25, -0.2) is 9.59 Å². The monoisotopic (exact) mass is 278 g/mol. The molecule has 0 fully saturated rings. The van der Waals surface area contributed by atoms with Crippen LogP contribution in [-0.2, 0) is 19.1 Å². The van der Waals surface area contributed by atoms with E-state index in [1.54, 1.807) is 0 Å². The summed E-state index contributed by atoms with van der Waals surface area (Å²) in [4.78, 5) is 24.5. The second kappa shape index (κ2) is 4.21. The molecule has 3 atom stereocenters. The maximum atomic E-state index is 12.3. The molecule has 20 heavy (non-hydrogen) atoms. The third-order valence-corrected chi connectivity index (χ3v) is 5.92. The number of esters is 2. The molecule has 0 spiro atoms. The Hall–Kier alpha value is -1.58.